The first-order valence-electron chi connectivity index (χ1n) is 14.8. The summed E-state index contributed by atoms with van der Waals surface area (Å²) in [6, 6.07) is 9.63. The van der Waals surface area contributed by atoms with E-state index in [2.05, 4.69) is 60.7 Å². The Labute approximate surface area is 230 Å². The minimum absolute atomic E-state index is 0.0917. The molecule has 1 amide bonds. The predicted octanol–water partition coefficient (Wildman–Crippen LogP) is 3.56. The van der Waals surface area contributed by atoms with Crippen LogP contribution in [0.4, 0.5) is 23.1 Å². The average molecular weight is 530 g/mol. The second-order valence-corrected chi connectivity index (χ2v) is 11.6. The van der Waals surface area contributed by atoms with E-state index in [-0.39, 0.29) is 5.91 Å². The normalized spacial score (nSPS) is 26.3. The molecule has 1 unspecified atom stereocenters. The highest BCUT2D eigenvalue weighted by Crippen LogP contribution is 2.43. The molecule has 9 heteroatoms. The van der Waals surface area contributed by atoms with Gasteiger partial charge in [-0.3, -0.25) is 9.69 Å². The quantitative estimate of drug-likeness (QED) is 0.608. The number of rotatable bonds is 5. The number of carbonyl (C=O) groups excluding carboxylic acids is 1. The minimum atomic E-state index is -0.634. The summed E-state index contributed by atoms with van der Waals surface area (Å²) in [5.41, 5.74) is 2.58. The third kappa shape index (κ3) is 4.65. The number of piperidine rings is 1. The summed E-state index contributed by atoms with van der Waals surface area (Å²) in [5.74, 6) is 1.53. The van der Waals surface area contributed by atoms with Crippen LogP contribution < -0.4 is 20.4 Å². The van der Waals surface area contributed by atoms with Crippen LogP contribution in [0.25, 0.3) is 6.08 Å². The highest BCUT2D eigenvalue weighted by molar-refractivity contribution is 5.97. The van der Waals surface area contributed by atoms with E-state index in [1.165, 1.54) is 31.4 Å². The smallest absolute Gasteiger partial charge is 0.250 e. The van der Waals surface area contributed by atoms with Gasteiger partial charge in [0.05, 0.1) is 13.2 Å². The van der Waals surface area contributed by atoms with Gasteiger partial charge in [-0.2, -0.15) is 4.98 Å². The van der Waals surface area contributed by atoms with Gasteiger partial charge in [0, 0.05) is 74.4 Å². The van der Waals surface area contributed by atoms with Crippen molar-refractivity contribution in [1.82, 2.24) is 20.2 Å². The number of ether oxygens (including phenoxy) is 1. The largest absolute Gasteiger partial charge is 0.379 e. The van der Waals surface area contributed by atoms with Crippen molar-refractivity contribution >= 4 is 35.1 Å². The monoisotopic (exact) mass is 529 g/mol. The second kappa shape index (κ2) is 10.4. The molecule has 0 bridgehead atoms. The Balaban J connectivity index is 1.05. The molecule has 5 aliphatic rings. The molecule has 1 aromatic heterocycles. The van der Waals surface area contributed by atoms with Crippen molar-refractivity contribution in [3.63, 3.8) is 0 Å². The van der Waals surface area contributed by atoms with Crippen molar-refractivity contribution in [3.8, 4) is 0 Å². The highest BCUT2D eigenvalue weighted by Gasteiger charge is 2.51. The molecular formula is C30H39N7O2. The number of morpholine rings is 1. The maximum absolute atomic E-state index is 13.1. The first-order chi connectivity index (χ1) is 19.2. The molecule has 9 nitrogen and oxygen atoms in total. The van der Waals surface area contributed by atoms with Crippen molar-refractivity contribution in [1.29, 1.82) is 0 Å². The topological polar surface area (TPSA) is 85.9 Å². The molecule has 1 aliphatic carbocycles. The van der Waals surface area contributed by atoms with Gasteiger partial charge in [0.2, 0.25) is 11.9 Å². The molecule has 1 saturated carbocycles. The van der Waals surface area contributed by atoms with Gasteiger partial charge in [0.25, 0.3) is 0 Å². The van der Waals surface area contributed by atoms with Gasteiger partial charge in [-0.05, 0) is 56.0 Å². The number of aromatic nitrogens is 2. The molecule has 3 saturated heterocycles. The molecule has 1 spiro atoms. The molecule has 4 fully saturated rings. The standard InChI is InChI=1S/C30H39N7O2/c38-28-30(13-14-31-28)12-9-22-21-32-29(34-27(22)37(30)26-3-1-2-4-26)33-23-5-7-24(8-6-23)35-15-10-25(11-16-35)36-17-19-39-20-18-36/h5-9,12,21,25-26H,1-4,10-11,13-20H2,(H,31,38)(H,32,33,34). The van der Waals surface area contributed by atoms with Crippen LogP contribution in [0, 0.1) is 0 Å². The summed E-state index contributed by atoms with van der Waals surface area (Å²) in [5, 5.41) is 6.49. The van der Waals surface area contributed by atoms with E-state index in [0.717, 1.165) is 75.7 Å². The van der Waals surface area contributed by atoms with E-state index in [4.69, 9.17) is 9.72 Å². The van der Waals surface area contributed by atoms with Crippen LogP contribution >= 0.6 is 0 Å². The summed E-state index contributed by atoms with van der Waals surface area (Å²) in [6.07, 6.45) is 13.8. The number of fused-ring (bicyclic) bond motifs is 1. The van der Waals surface area contributed by atoms with Crippen LogP contribution in [0.2, 0.25) is 0 Å². The zero-order valence-corrected chi connectivity index (χ0v) is 22.6. The number of hydrogen-bond acceptors (Lipinski definition) is 8. The molecule has 7 rings (SSSR count). The molecule has 5 heterocycles. The van der Waals surface area contributed by atoms with E-state index < -0.39 is 5.54 Å². The van der Waals surface area contributed by atoms with Gasteiger partial charge >= 0.3 is 0 Å². The van der Waals surface area contributed by atoms with Gasteiger partial charge in [0.15, 0.2) is 0 Å². The SMILES string of the molecule is O=C1NCCC12C=Cc1cnc(Nc3ccc(N4CCC(N5CCOCC5)CC4)cc3)nc1N2C1CCCC1. The van der Waals surface area contributed by atoms with Crippen LogP contribution in [0.5, 0.6) is 0 Å². The van der Waals surface area contributed by atoms with E-state index in [0.29, 0.717) is 24.6 Å². The van der Waals surface area contributed by atoms with Crippen molar-refractivity contribution < 1.29 is 9.53 Å². The predicted molar refractivity (Wildman–Crippen MR) is 154 cm³/mol. The molecule has 2 N–H and O–H groups in total. The van der Waals surface area contributed by atoms with Gasteiger partial charge in [-0.25, -0.2) is 4.98 Å². The first-order valence-corrected chi connectivity index (χ1v) is 14.8. The lowest BCUT2D eigenvalue weighted by molar-refractivity contribution is -0.122. The fourth-order valence-corrected chi connectivity index (χ4v) is 7.25. The summed E-state index contributed by atoms with van der Waals surface area (Å²) in [7, 11) is 0. The number of carbonyl (C=O) groups is 1. The summed E-state index contributed by atoms with van der Waals surface area (Å²) in [6.45, 7) is 6.75. The van der Waals surface area contributed by atoms with Gasteiger partial charge in [-0.15, -0.1) is 0 Å². The van der Waals surface area contributed by atoms with E-state index in [1.54, 1.807) is 0 Å². The van der Waals surface area contributed by atoms with Crippen molar-refractivity contribution in [3.05, 3.63) is 42.1 Å². The number of anilines is 4. The zero-order chi connectivity index (χ0) is 26.2. The number of amides is 1. The third-order valence-corrected chi connectivity index (χ3v) is 9.38. The lowest BCUT2D eigenvalue weighted by atomic mass is 9.88. The molecule has 0 radical (unpaired) electrons. The Morgan fingerprint density at radius 2 is 1.74 bits per heavy atom. The van der Waals surface area contributed by atoms with E-state index >= 15 is 0 Å². The number of benzene rings is 1. The van der Waals surface area contributed by atoms with Crippen LogP contribution in [0.3, 0.4) is 0 Å². The summed E-state index contributed by atoms with van der Waals surface area (Å²) < 4.78 is 5.53. The van der Waals surface area contributed by atoms with Gasteiger partial charge in [0.1, 0.15) is 11.4 Å². The Kier molecular flexibility index (Phi) is 6.64. The van der Waals surface area contributed by atoms with E-state index in [1.807, 2.05) is 12.3 Å². The van der Waals surface area contributed by atoms with Crippen LogP contribution in [0.15, 0.2) is 36.5 Å². The highest BCUT2D eigenvalue weighted by atomic mass is 16.5. The minimum Gasteiger partial charge on any atom is -0.379 e. The second-order valence-electron chi connectivity index (χ2n) is 11.6. The molecule has 4 aliphatic heterocycles. The van der Waals surface area contributed by atoms with Gasteiger partial charge < -0.3 is 25.2 Å². The van der Waals surface area contributed by atoms with Crippen LogP contribution in [-0.4, -0.2) is 84.3 Å². The lowest BCUT2D eigenvalue weighted by Gasteiger charge is -2.44. The van der Waals surface area contributed by atoms with Gasteiger partial charge in [-0.1, -0.05) is 18.9 Å². The number of nitrogens with zero attached hydrogens (tertiary/aromatic N) is 5. The molecular weight excluding hydrogens is 490 g/mol. The van der Waals surface area contributed by atoms with Crippen molar-refractivity contribution in [2.75, 3.05) is 61.1 Å². The molecule has 206 valence electrons. The molecule has 39 heavy (non-hydrogen) atoms. The maximum Gasteiger partial charge on any atom is 0.250 e. The van der Waals surface area contributed by atoms with E-state index in [9.17, 15) is 4.79 Å². The number of nitrogens with one attached hydrogen (secondary N) is 2. The summed E-state index contributed by atoms with van der Waals surface area (Å²) >= 11 is 0. The zero-order valence-electron chi connectivity index (χ0n) is 22.6. The lowest BCUT2D eigenvalue weighted by Crippen LogP contribution is -2.58. The fraction of sp³-hybridized carbons (Fsp3) is 0.567. The maximum atomic E-state index is 13.1. The Hall–Kier alpha value is -3.17. The van der Waals surface area contributed by atoms with Crippen molar-refractivity contribution in [2.24, 2.45) is 0 Å². The Morgan fingerprint density at radius 3 is 2.46 bits per heavy atom. The van der Waals surface area contributed by atoms with Crippen LogP contribution in [0.1, 0.15) is 50.5 Å². The number of hydrogen-bond donors (Lipinski definition) is 2. The fourth-order valence-electron chi connectivity index (χ4n) is 7.25. The Bertz CT molecular complexity index is 1210. The van der Waals surface area contributed by atoms with Crippen molar-refractivity contribution in [2.45, 2.75) is 62.6 Å². The summed E-state index contributed by atoms with van der Waals surface area (Å²) in [4.78, 5) is 30.1. The Morgan fingerprint density at radius 1 is 0.974 bits per heavy atom. The molecule has 1 atom stereocenters. The first kappa shape index (κ1) is 24.8. The third-order valence-electron chi connectivity index (χ3n) is 9.38. The van der Waals surface area contributed by atoms with Crippen LogP contribution in [-0.2, 0) is 9.53 Å². The molecule has 2 aromatic rings. The average Bonchev–Trinajstić information content (AvgIpc) is 3.65. The molecule has 1 aromatic carbocycles.